The zero-order chi connectivity index (χ0) is 14.5. The highest BCUT2D eigenvalue weighted by molar-refractivity contribution is 6.29. The third kappa shape index (κ3) is 3.85. The topological polar surface area (TPSA) is 51.1 Å². The number of rotatable bonds is 5. The Bertz CT molecular complexity index is 577. The summed E-state index contributed by atoms with van der Waals surface area (Å²) in [6.07, 6.45) is 4.23. The Labute approximate surface area is 121 Å². The first kappa shape index (κ1) is 14.6. The second kappa shape index (κ2) is 6.58. The zero-order valence-corrected chi connectivity index (χ0v) is 11.9. The summed E-state index contributed by atoms with van der Waals surface area (Å²) in [4.78, 5) is 14.0. The largest absolute Gasteiger partial charge is 0.475 e. The van der Waals surface area contributed by atoms with Gasteiger partial charge in [-0.2, -0.15) is 0 Å². The second-order valence-corrected chi connectivity index (χ2v) is 4.77. The number of nitrogens with zero attached hydrogens (tertiary/aromatic N) is 4. The lowest BCUT2D eigenvalue weighted by Crippen LogP contribution is -2.19. The molecule has 0 amide bonds. The molecule has 0 saturated carbocycles. The van der Waals surface area contributed by atoms with Gasteiger partial charge in [0.1, 0.15) is 17.6 Å². The number of aromatic nitrogens is 3. The van der Waals surface area contributed by atoms with Gasteiger partial charge in [0.15, 0.2) is 0 Å². The molecule has 0 aliphatic heterocycles. The molecule has 5 nitrogen and oxygen atoms in total. The van der Waals surface area contributed by atoms with Crippen molar-refractivity contribution in [3.63, 3.8) is 0 Å². The van der Waals surface area contributed by atoms with Crippen LogP contribution in [-0.2, 0) is 0 Å². The van der Waals surface area contributed by atoms with Gasteiger partial charge in [-0.1, -0.05) is 11.6 Å². The van der Waals surface area contributed by atoms with Crippen LogP contribution in [0.5, 0.6) is 5.88 Å². The van der Waals surface area contributed by atoms with Crippen LogP contribution in [-0.4, -0.2) is 47.1 Å². The first-order valence-electron chi connectivity index (χ1n) is 5.97. The van der Waals surface area contributed by atoms with Gasteiger partial charge < -0.3 is 9.64 Å². The number of hydrogen-bond donors (Lipinski definition) is 0. The van der Waals surface area contributed by atoms with Crippen LogP contribution >= 0.6 is 11.6 Å². The fourth-order valence-corrected chi connectivity index (χ4v) is 1.60. The maximum atomic E-state index is 13.7. The van der Waals surface area contributed by atoms with Crippen LogP contribution in [0.2, 0.25) is 5.15 Å². The zero-order valence-electron chi connectivity index (χ0n) is 11.2. The number of pyridine rings is 1. The Morgan fingerprint density at radius 2 is 2.00 bits per heavy atom. The Morgan fingerprint density at radius 3 is 2.60 bits per heavy atom. The maximum Gasteiger partial charge on any atom is 0.232 e. The number of ether oxygens (including phenoxy) is 1. The summed E-state index contributed by atoms with van der Waals surface area (Å²) >= 11 is 5.60. The summed E-state index contributed by atoms with van der Waals surface area (Å²) < 4.78 is 19.1. The highest BCUT2D eigenvalue weighted by Crippen LogP contribution is 2.21. The number of likely N-dealkylation sites (N-methyl/N-ethyl adjacent to an activating group) is 1. The Balaban J connectivity index is 2.07. The molecule has 2 aromatic heterocycles. The average molecular weight is 297 g/mol. The molecule has 20 heavy (non-hydrogen) atoms. The molecule has 0 radical (unpaired) electrons. The molecule has 2 rings (SSSR count). The first-order chi connectivity index (χ1) is 9.56. The fraction of sp³-hybridized carbons (Fsp3) is 0.308. The van der Waals surface area contributed by atoms with Crippen LogP contribution in [0.3, 0.4) is 0 Å². The maximum absolute atomic E-state index is 13.7. The average Bonchev–Trinajstić information content (AvgIpc) is 2.39. The van der Waals surface area contributed by atoms with Crippen LogP contribution in [0.4, 0.5) is 4.39 Å². The van der Waals surface area contributed by atoms with E-state index < -0.39 is 5.82 Å². The van der Waals surface area contributed by atoms with Crippen molar-refractivity contribution in [3.05, 3.63) is 35.6 Å². The van der Waals surface area contributed by atoms with Gasteiger partial charge in [0, 0.05) is 18.8 Å². The lowest BCUT2D eigenvalue weighted by molar-refractivity contribution is 0.253. The van der Waals surface area contributed by atoms with Gasteiger partial charge in [0.05, 0.1) is 23.7 Å². The minimum atomic E-state index is -0.486. The van der Waals surface area contributed by atoms with Gasteiger partial charge in [0.25, 0.3) is 0 Å². The highest BCUT2D eigenvalue weighted by atomic mass is 35.5. The van der Waals surface area contributed by atoms with E-state index in [2.05, 4.69) is 15.0 Å². The summed E-state index contributed by atoms with van der Waals surface area (Å²) in [5, 5.41) is 0.0999. The van der Waals surface area contributed by atoms with Crippen molar-refractivity contribution in [2.24, 2.45) is 0 Å². The van der Waals surface area contributed by atoms with E-state index in [1.165, 1.54) is 18.6 Å². The number of halogens is 2. The lowest BCUT2D eigenvalue weighted by Gasteiger charge is -2.10. The van der Waals surface area contributed by atoms with Crippen molar-refractivity contribution in [1.29, 1.82) is 0 Å². The lowest BCUT2D eigenvalue weighted by atomic mass is 10.2. The van der Waals surface area contributed by atoms with E-state index in [1.807, 2.05) is 19.0 Å². The Hall–Kier alpha value is -1.79. The molecular formula is C13H14ClFN4O. The molecule has 0 saturated heterocycles. The second-order valence-electron chi connectivity index (χ2n) is 4.38. The van der Waals surface area contributed by atoms with Crippen molar-refractivity contribution in [2.75, 3.05) is 27.2 Å². The van der Waals surface area contributed by atoms with Gasteiger partial charge in [-0.05, 0) is 14.1 Å². The van der Waals surface area contributed by atoms with Crippen LogP contribution < -0.4 is 4.74 Å². The normalized spacial score (nSPS) is 10.8. The predicted molar refractivity (Wildman–Crippen MR) is 74.3 cm³/mol. The summed E-state index contributed by atoms with van der Waals surface area (Å²) in [6.45, 7) is 1.29. The molecule has 2 aromatic rings. The molecule has 0 N–H and O–H groups in total. The van der Waals surface area contributed by atoms with E-state index in [4.69, 9.17) is 16.3 Å². The van der Waals surface area contributed by atoms with E-state index in [0.29, 0.717) is 18.2 Å². The standard InChI is InChI=1S/C13H14ClFN4O/c1-19(2)3-4-20-13-8-16-11(7-18-13)9-6-17-12(14)5-10(9)15/h5-8H,3-4H2,1-2H3. The molecule has 106 valence electrons. The van der Waals surface area contributed by atoms with Crippen molar-refractivity contribution >= 4 is 11.6 Å². The van der Waals surface area contributed by atoms with Gasteiger partial charge in [-0.3, -0.25) is 0 Å². The SMILES string of the molecule is CN(C)CCOc1cnc(-c2cnc(Cl)cc2F)cn1. The molecule has 0 fully saturated rings. The Morgan fingerprint density at radius 1 is 1.20 bits per heavy atom. The molecule has 2 heterocycles. The van der Waals surface area contributed by atoms with Crippen molar-refractivity contribution in [2.45, 2.75) is 0 Å². The monoisotopic (exact) mass is 296 g/mol. The van der Waals surface area contributed by atoms with Crippen LogP contribution in [0.1, 0.15) is 0 Å². The molecule has 0 aliphatic carbocycles. The van der Waals surface area contributed by atoms with Crippen LogP contribution in [0, 0.1) is 5.82 Å². The van der Waals surface area contributed by atoms with E-state index >= 15 is 0 Å². The third-order valence-corrected chi connectivity index (χ3v) is 2.72. The van der Waals surface area contributed by atoms with Crippen molar-refractivity contribution in [1.82, 2.24) is 19.9 Å². The first-order valence-corrected chi connectivity index (χ1v) is 6.35. The summed E-state index contributed by atoms with van der Waals surface area (Å²) in [5.74, 6) is -0.0847. The molecular weight excluding hydrogens is 283 g/mol. The minimum Gasteiger partial charge on any atom is -0.475 e. The van der Waals surface area contributed by atoms with Crippen LogP contribution in [0.15, 0.2) is 24.7 Å². The van der Waals surface area contributed by atoms with E-state index in [9.17, 15) is 4.39 Å². The van der Waals surface area contributed by atoms with Gasteiger partial charge in [-0.25, -0.2) is 19.3 Å². The minimum absolute atomic E-state index is 0.0999. The summed E-state index contributed by atoms with van der Waals surface area (Å²) in [5.41, 5.74) is 0.633. The Kier molecular flexibility index (Phi) is 4.81. The predicted octanol–water partition coefficient (Wildman–Crippen LogP) is 2.27. The highest BCUT2D eigenvalue weighted by Gasteiger charge is 2.09. The summed E-state index contributed by atoms with van der Waals surface area (Å²) in [7, 11) is 3.91. The molecule has 0 aliphatic rings. The fourth-order valence-electron chi connectivity index (χ4n) is 1.46. The molecule has 0 bridgehead atoms. The van der Waals surface area contributed by atoms with Gasteiger partial charge >= 0.3 is 0 Å². The molecule has 7 heteroatoms. The molecule has 0 spiro atoms. The number of hydrogen-bond acceptors (Lipinski definition) is 5. The molecule has 0 atom stereocenters. The van der Waals surface area contributed by atoms with Gasteiger partial charge in [0.2, 0.25) is 5.88 Å². The van der Waals surface area contributed by atoms with E-state index in [0.717, 1.165) is 12.6 Å². The van der Waals surface area contributed by atoms with E-state index in [1.54, 1.807) is 0 Å². The molecule has 0 unspecified atom stereocenters. The smallest absolute Gasteiger partial charge is 0.232 e. The molecule has 0 aromatic carbocycles. The van der Waals surface area contributed by atoms with E-state index in [-0.39, 0.29) is 10.7 Å². The quantitative estimate of drug-likeness (QED) is 0.792. The summed E-state index contributed by atoms with van der Waals surface area (Å²) in [6, 6.07) is 1.14. The third-order valence-electron chi connectivity index (χ3n) is 2.51. The van der Waals surface area contributed by atoms with Gasteiger partial charge in [-0.15, -0.1) is 0 Å². The van der Waals surface area contributed by atoms with Crippen molar-refractivity contribution < 1.29 is 9.13 Å². The van der Waals surface area contributed by atoms with Crippen molar-refractivity contribution in [3.8, 4) is 17.1 Å². The van der Waals surface area contributed by atoms with Crippen LogP contribution in [0.25, 0.3) is 11.3 Å².